The van der Waals surface area contributed by atoms with Gasteiger partial charge in [0.15, 0.2) is 0 Å². The summed E-state index contributed by atoms with van der Waals surface area (Å²) in [6.45, 7) is 4.46. The van der Waals surface area contributed by atoms with E-state index in [1.54, 1.807) is 19.3 Å². The highest BCUT2D eigenvalue weighted by Crippen LogP contribution is 2.27. The molecule has 2 aromatic rings. The molecule has 0 radical (unpaired) electrons. The zero-order chi connectivity index (χ0) is 19.1. The third-order valence-electron chi connectivity index (χ3n) is 3.30. The number of ether oxygens (including phenoxy) is 2. The van der Waals surface area contributed by atoms with Crippen molar-refractivity contribution < 1.29 is 19.1 Å². The molecule has 3 heterocycles. The number of aryl methyl sites for hydroxylation is 1. The minimum atomic E-state index is -0.489. The van der Waals surface area contributed by atoms with Crippen molar-refractivity contribution in [1.82, 2.24) is 9.97 Å². The van der Waals surface area contributed by atoms with Gasteiger partial charge in [-0.1, -0.05) is 28.4 Å². The number of halogens is 2. The molecule has 0 bridgehead atoms. The van der Waals surface area contributed by atoms with Gasteiger partial charge in [-0.25, -0.2) is 9.78 Å². The SMILES string of the molecule is CCOC(=O)c1ccnc(Cl)c1Cl.CON=C1COc2cncc(C)c21. The summed E-state index contributed by atoms with van der Waals surface area (Å²) in [7, 11) is 1.53. The maximum atomic E-state index is 11.2. The quantitative estimate of drug-likeness (QED) is 0.446. The van der Waals surface area contributed by atoms with E-state index in [1.807, 2.05) is 6.92 Å². The lowest BCUT2D eigenvalue weighted by atomic mass is 10.1. The molecule has 0 saturated carbocycles. The molecular weight excluding hydrogens is 381 g/mol. The number of hydrogen-bond acceptors (Lipinski definition) is 7. The number of fused-ring (bicyclic) bond motifs is 1. The van der Waals surface area contributed by atoms with Crippen molar-refractivity contribution in [2.75, 3.05) is 20.3 Å². The minimum absolute atomic E-state index is 0.104. The number of carbonyl (C=O) groups is 1. The Labute approximate surface area is 160 Å². The fraction of sp³-hybridized carbons (Fsp3) is 0.294. The number of nitrogens with zero attached hydrogens (tertiary/aromatic N) is 3. The van der Waals surface area contributed by atoms with Crippen LogP contribution in [0.1, 0.15) is 28.4 Å². The van der Waals surface area contributed by atoms with Crippen LogP contribution in [0, 0.1) is 6.92 Å². The Hall–Kier alpha value is -2.38. The van der Waals surface area contributed by atoms with Gasteiger partial charge in [0.05, 0.1) is 29.0 Å². The Morgan fingerprint density at radius 1 is 1.38 bits per heavy atom. The molecule has 2 aromatic heterocycles. The monoisotopic (exact) mass is 397 g/mol. The first-order valence-electron chi connectivity index (χ1n) is 7.64. The van der Waals surface area contributed by atoms with Gasteiger partial charge in [-0.05, 0) is 25.5 Å². The highest BCUT2D eigenvalue weighted by atomic mass is 35.5. The van der Waals surface area contributed by atoms with Crippen LogP contribution in [0.5, 0.6) is 5.75 Å². The van der Waals surface area contributed by atoms with Crippen LogP contribution in [-0.2, 0) is 9.57 Å². The van der Waals surface area contributed by atoms with Crippen LogP contribution < -0.4 is 4.74 Å². The summed E-state index contributed by atoms with van der Waals surface area (Å²) in [5, 5.41) is 4.12. The van der Waals surface area contributed by atoms with Gasteiger partial charge in [0.1, 0.15) is 30.3 Å². The number of rotatable bonds is 3. The Kier molecular flexibility index (Phi) is 7.17. The van der Waals surface area contributed by atoms with Crippen LogP contribution in [-0.4, -0.2) is 42.0 Å². The Morgan fingerprint density at radius 2 is 2.15 bits per heavy atom. The van der Waals surface area contributed by atoms with Gasteiger partial charge in [0.2, 0.25) is 0 Å². The van der Waals surface area contributed by atoms with Crippen LogP contribution in [0.3, 0.4) is 0 Å². The van der Waals surface area contributed by atoms with Gasteiger partial charge < -0.3 is 14.3 Å². The molecule has 0 unspecified atom stereocenters. The smallest absolute Gasteiger partial charge is 0.339 e. The predicted molar refractivity (Wildman–Crippen MR) is 98.2 cm³/mol. The van der Waals surface area contributed by atoms with E-state index in [0.717, 1.165) is 22.6 Å². The van der Waals surface area contributed by atoms with Gasteiger partial charge in [-0.2, -0.15) is 0 Å². The first kappa shape index (κ1) is 19.9. The number of carbonyl (C=O) groups excluding carboxylic acids is 1. The van der Waals surface area contributed by atoms with E-state index in [9.17, 15) is 4.79 Å². The second kappa shape index (κ2) is 9.35. The molecule has 7 nitrogen and oxygen atoms in total. The van der Waals surface area contributed by atoms with Crippen LogP contribution >= 0.6 is 23.2 Å². The average molecular weight is 398 g/mol. The molecule has 0 amide bonds. The molecule has 1 aliphatic rings. The van der Waals surface area contributed by atoms with Crippen LogP contribution in [0.15, 0.2) is 29.8 Å². The van der Waals surface area contributed by atoms with Crippen molar-refractivity contribution in [2.24, 2.45) is 5.16 Å². The average Bonchev–Trinajstić information content (AvgIpc) is 3.03. The van der Waals surface area contributed by atoms with E-state index in [2.05, 4.69) is 15.1 Å². The first-order valence-corrected chi connectivity index (χ1v) is 8.40. The molecule has 0 fully saturated rings. The van der Waals surface area contributed by atoms with Crippen molar-refractivity contribution >= 4 is 34.9 Å². The summed E-state index contributed by atoms with van der Waals surface area (Å²) in [4.78, 5) is 23.7. The van der Waals surface area contributed by atoms with Crippen molar-refractivity contribution in [3.05, 3.63) is 51.5 Å². The number of esters is 1. The van der Waals surface area contributed by atoms with E-state index >= 15 is 0 Å². The lowest BCUT2D eigenvalue weighted by Gasteiger charge is -2.03. The summed E-state index contributed by atoms with van der Waals surface area (Å²) in [5.41, 5.74) is 3.14. The molecule has 138 valence electrons. The standard InChI is InChI=1S/C9H10N2O2.C8H7Cl2NO2/c1-6-3-10-4-8-9(6)7(5-13-8)11-12-2;1-2-13-8(12)5-3-4-11-7(10)6(5)9/h3-4H,5H2,1-2H3;3-4H,2H2,1H3. The lowest BCUT2D eigenvalue weighted by molar-refractivity contribution is 0.0526. The second-order valence-electron chi connectivity index (χ2n) is 5.02. The van der Waals surface area contributed by atoms with E-state index in [4.69, 9.17) is 37.5 Å². The number of pyridine rings is 2. The van der Waals surface area contributed by atoms with Crippen molar-refractivity contribution in [3.63, 3.8) is 0 Å². The first-order chi connectivity index (χ1) is 12.5. The Bertz CT molecular complexity index is 828. The van der Waals surface area contributed by atoms with Gasteiger partial charge in [-0.3, -0.25) is 4.98 Å². The third kappa shape index (κ3) is 4.62. The highest BCUT2D eigenvalue weighted by Gasteiger charge is 2.22. The van der Waals surface area contributed by atoms with Crippen molar-refractivity contribution in [1.29, 1.82) is 0 Å². The van der Waals surface area contributed by atoms with E-state index < -0.39 is 5.97 Å². The van der Waals surface area contributed by atoms with Gasteiger partial charge in [0.25, 0.3) is 0 Å². The third-order valence-corrected chi connectivity index (χ3v) is 4.06. The zero-order valence-corrected chi connectivity index (χ0v) is 16.0. The van der Waals surface area contributed by atoms with Crippen LogP contribution in [0.4, 0.5) is 0 Å². The fourth-order valence-corrected chi connectivity index (χ4v) is 2.55. The molecule has 9 heteroatoms. The Morgan fingerprint density at radius 3 is 2.85 bits per heavy atom. The van der Waals surface area contributed by atoms with Gasteiger partial charge in [0, 0.05) is 12.4 Å². The summed E-state index contributed by atoms with van der Waals surface area (Å²) >= 11 is 11.3. The zero-order valence-electron chi connectivity index (χ0n) is 14.5. The number of oxime groups is 1. The molecule has 0 saturated heterocycles. The molecule has 0 spiro atoms. The maximum absolute atomic E-state index is 11.2. The molecule has 26 heavy (non-hydrogen) atoms. The minimum Gasteiger partial charge on any atom is -0.485 e. The summed E-state index contributed by atoms with van der Waals surface area (Å²) < 4.78 is 10.1. The molecule has 0 N–H and O–H groups in total. The molecule has 3 rings (SSSR count). The van der Waals surface area contributed by atoms with Crippen molar-refractivity contribution in [2.45, 2.75) is 13.8 Å². The molecular formula is C17H17Cl2N3O4. The summed E-state index contributed by atoms with van der Waals surface area (Å²) in [5.74, 6) is 0.299. The van der Waals surface area contributed by atoms with Crippen LogP contribution in [0.2, 0.25) is 10.2 Å². The Balaban J connectivity index is 0.000000187. The maximum Gasteiger partial charge on any atom is 0.339 e. The topological polar surface area (TPSA) is 82.9 Å². The van der Waals surface area contributed by atoms with E-state index in [0.29, 0.717) is 13.2 Å². The normalized spacial score (nSPS) is 13.3. The van der Waals surface area contributed by atoms with E-state index in [-0.39, 0.29) is 15.7 Å². The molecule has 1 aliphatic heterocycles. The molecule has 0 aromatic carbocycles. The largest absolute Gasteiger partial charge is 0.485 e. The molecule has 0 atom stereocenters. The highest BCUT2D eigenvalue weighted by molar-refractivity contribution is 6.42. The lowest BCUT2D eigenvalue weighted by Crippen LogP contribution is -2.05. The van der Waals surface area contributed by atoms with Gasteiger partial charge >= 0.3 is 5.97 Å². The fourth-order valence-electron chi connectivity index (χ4n) is 2.20. The van der Waals surface area contributed by atoms with E-state index in [1.165, 1.54) is 19.4 Å². The van der Waals surface area contributed by atoms with Gasteiger partial charge in [-0.15, -0.1) is 0 Å². The summed E-state index contributed by atoms with van der Waals surface area (Å²) in [6.07, 6.45) is 4.89. The van der Waals surface area contributed by atoms with Crippen molar-refractivity contribution in [3.8, 4) is 5.75 Å². The predicted octanol–water partition coefficient (Wildman–Crippen LogP) is 3.70. The number of hydrogen-bond donors (Lipinski definition) is 0. The summed E-state index contributed by atoms with van der Waals surface area (Å²) in [6, 6.07) is 1.46. The van der Waals surface area contributed by atoms with Crippen LogP contribution in [0.25, 0.3) is 0 Å². The number of aromatic nitrogens is 2. The molecule has 0 aliphatic carbocycles. The second-order valence-corrected chi connectivity index (χ2v) is 5.76.